The van der Waals surface area contributed by atoms with Gasteiger partial charge in [0.15, 0.2) is 0 Å². The molecule has 0 saturated carbocycles. The number of hydrogen-bond acceptors (Lipinski definition) is 6. The van der Waals surface area contributed by atoms with Crippen LogP contribution in [0, 0.1) is 0 Å². The lowest BCUT2D eigenvalue weighted by Gasteiger charge is -2.31. The van der Waals surface area contributed by atoms with Crippen molar-refractivity contribution in [1.82, 2.24) is 10.2 Å². The molecule has 1 aliphatic heterocycles. The van der Waals surface area contributed by atoms with E-state index in [1.165, 1.54) is 0 Å². The van der Waals surface area contributed by atoms with E-state index in [4.69, 9.17) is 14.2 Å². The van der Waals surface area contributed by atoms with Crippen molar-refractivity contribution in [2.45, 2.75) is 25.8 Å². The van der Waals surface area contributed by atoms with Crippen LogP contribution in [0.1, 0.15) is 35.7 Å². The Bertz CT molecular complexity index is 994. The maximum Gasteiger partial charge on any atom is 0.513 e. The predicted molar refractivity (Wildman–Crippen MR) is 123 cm³/mol. The molecule has 1 saturated heterocycles. The summed E-state index contributed by atoms with van der Waals surface area (Å²) in [6.07, 6.45) is 3.86. The fourth-order valence-electron chi connectivity index (χ4n) is 3.50. The van der Waals surface area contributed by atoms with Crippen LogP contribution in [0.2, 0.25) is 0 Å². The number of nitrogens with one attached hydrogen (secondary N) is 1. The van der Waals surface area contributed by atoms with Crippen molar-refractivity contribution >= 4 is 24.0 Å². The van der Waals surface area contributed by atoms with Gasteiger partial charge in [0, 0.05) is 36.3 Å². The number of piperidine rings is 1. The minimum atomic E-state index is -0.784. The van der Waals surface area contributed by atoms with Crippen LogP contribution in [0.25, 0.3) is 6.08 Å². The molecular weight excluding hydrogens is 424 g/mol. The van der Waals surface area contributed by atoms with Gasteiger partial charge >= 0.3 is 6.16 Å². The molecule has 2 aromatic rings. The molecule has 1 aliphatic rings. The van der Waals surface area contributed by atoms with Crippen LogP contribution in [-0.4, -0.2) is 55.7 Å². The number of rotatable bonds is 7. The van der Waals surface area contributed by atoms with Crippen molar-refractivity contribution in [2.24, 2.45) is 0 Å². The Hall–Kier alpha value is -3.81. The predicted octanol–water partition coefficient (Wildman–Crippen LogP) is 3.66. The van der Waals surface area contributed by atoms with Gasteiger partial charge in [0.05, 0.1) is 13.7 Å². The van der Waals surface area contributed by atoms with E-state index in [0.29, 0.717) is 43.0 Å². The highest BCUT2D eigenvalue weighted by atomic mass is 16.7. The van der Waals surface area contributed by atoms with E-state index in [9.17, 15) is 14.4 Å². The van der Waals surface area contributed by atoms with Gasteiger partial charge in [0.25, 0.3) is 5.91 Å². The summed E-state index contributed by atoms with van der Waals surface area (Å²) in [5.41, 5.74) is 1.30. The van der Waals surface area contributed by atoms with Gasteiger partial charge in [-0.25, -0.2) is 4.79 Å². The third kappa shape index (κ3) is 6.83. The summed E-state index contributed by atoms with van der Waals surface area (Å²) >= 11 is 0. The van der Waals surface area contributed by atoms with Crippen molar-refractivity contribution in [3.63, 3.8) is 0 Å². The minimum Gasteiger partial charge on any atom is -0.496 e. The largest absolute Gasteiger partial charge is 0.513 e. The van der Waals surface area contributed by atoms with Crippen molar-refractivity contribution in [1.29, 1.82) is 0 Å². The Morgan fingerprint density at radius 3 is 2.42 bits per heavy atom. The molecule has 0 aliphatic carbocycles. The molecule has 0 atom stereocenters. The van der Waals surface area contributed by atoms with E-state index in [-0.39, 0.29) is 24.5 Å². The number of benzene rings is 2. The van der Waals surface area contributed by atoms with Crippen LogP contribution in [0.4, 0.5) is 4.79 Å². The third-order valence-electron chi connectivity index (χ3n) is 5.27. The number of hydrogen-bond donors (Lipinski definition) is 1. The number of para-hydroxylation sites is 1. The van der Waals surface area contributed by atoms with E-state index in [2.05, 4.69) is 5.32 Å². The average molecular weight is 453 g/mol. The summed E-state index contributed by atoms with van der Waals surface area (Å²) in [6.45, 7) is 3.04. The molecule has 1 fully saturated rings. The van der Waals surface area contributed by atoms with E-state index in [1.807, 2.05) is 24.3 Å². The highest BCUT2D eigenvalue weighted by molar-refractivity contribution is 5.94. The number of carbonyl (C=O) groups is 3. The zero-order valence-electron chi connectivity index (χ0n) is 18.8. The fraction of sp³-hybridized carbons (Fsp3) is 0.320. The summed E-state index contributed by atoms with van der Waals surface area (Å²) < 4.78 is 15.0. The molecule has 174 valence electrons. The van der Waals surface area contributed by atoms with Crippen LogP contribution in [-0.2, 0) is 9.53 Å². The number of likely N-dealkylation sites (tertiary alicyclic amines) is 1. The standard InChI is InChI=1S/C25H28N2O6/c1-3-32-25(30)33-21-11-8-19(9-12-21)24(29)26-20-14-16-27(17-15-20)23(28)13-10-18-6-4-5-7-22(18)31-2/h4-13,20H,3,14-17H2,1-2H3,(H,26,29)/b13-10+. The van der Waals surface area contributed by atoms with Gasteiger partial charge in [0.1, 0.15) is 11.5 Å². The molecule has 0 spiro atoms. The molecule has 1 N–H and O–H groups in total. The van der Waals surface area contributed by atoms with Gasteiger partial charge in [-0.3, -0.25) is 9.59 Å². The summed E-state index contributed by atoms with van der Waals surface area (Å²) in [5, 5.41) is 3.00. The zero-order valence-corrected chi connectivity index (χ0v) is 18.8. The van der Waals surface area contributed by atoms with E-state index in [0.717, 1.165) is 5.56 Å². The Labute approximate surface area is 193 Å². The Balaban J connectivity index is 1.47. The lowest BCUT2D eigenvalue weighted by Crippen LogP contribution is -2.46. The van der Waals surface area contributed by atoms with Crippen LogP contribution in [0.3, 0.4) is 0 Å². The number of amides is 2. The summed E-state index contributed by atoms with van der Waals surface area (Å²) in [5.74, 6) is 0.739. The molecule has 3 rings (SSSR count). The first-order valence-electron chi connectivity index (χ1n) is 10.9. The normalized spacial score (nSPS) is 14.1. The zero-order chi connectivity index (χ0) is 23.6. The molecule has 2 amide bonds. The second-order valence-corrected chi connectivity index (χ2v) is 7.46. The van der Waals surface area contributed by atoms with E-state index >= 15 is 0 Å². The van der Waals surface area contributed by atoms with Crippen LogP contribution < -0.4 is 14.8 Å². The second kappa shape index (κ2) is 11.7. The molecule has 0 bridgehead atoms. The van der Waals surface area contributed by atoms with Gasteiger partial charge in [-0.15, -0.1) is 0 Å². The quantitative estimate of drug-likeness (QED) is 0.391. The SMILES string of the molecule is CCOC(=O)Oc1ccc(C(=O)NC2CCN(C(=O)/C=C/c3ccccc3OC)CC2)cc1. The fourth-order valence-corrected chi connectivity index (χ4v) is 3.50. The second-order valence-electron chi connectivity index (χ2n) is 7.46. The van der Waals surface area contributed by atoms with Crippen LogP contribution >= 0.6 is 0 Å². The Morgan fingerprint density at radius 1 is 1.06 bits per heavy atom. The summed E-state index contributed by atoms with van der Waals surface area (Å²) in [6, 6.07) is 13.7. The Morgan fingerprint density at radius 2 is 1.76 bits per heavy atom. The van der Waals surface area contributed by atoms with E-state index < -0.39 is 6.16 Å². The lowest BCUT2D eigenvalue weighted by atomic mass is 10.0. The maximum absolute atomic E-state index is 12.5. The van der Waals surface area contributed by atoms with Crippen LogP contribution in [0.5, 0.6) is 11.5 Å². The topological polar surface area (TPSA) is 94.2 Å². The highest BCUT2D eigenvalue weighted by Gasteiger charge is 2.23. The number of ether oxygens (including phenoxy) is 3. The Kier molecular flexibility index (Phi) is 8.46. The number of methoxy groups -OCH3 is 1. The molecule has 1 heterocycles. The monoisotopic (exact) mass is 452 g/mol. The summed E-state index contributed by atoms with van der Waals surface area (Å²) in [4.78, 5) is 38.2. The summed E-state index contributed by atoms with van der Waals surface area (Å²) in [7, 11) is 1.60. The van der Waals surface area contributed by atoms with E-state index in [1.54, 1.807) is 55.4 Å². The first-order chi connectivity index (χ1) is 16.0. The molecular formula is C25H28N2O6. The molecule has 2 aromatic carbocycles. The van der Waals surface area contributed by atoms with Gasteiger partial charge < -0.3 is 24.4 Å². The third-order valence-corrected chi connectivity index (χ3v) is 5.27. The lowest BCUT2D eigenvalue weighted by molar-refractivity contribution is -0.127. The van der Waals surface area contributed by atoms with Gasteiger partial charge in [-0.1, -0.05) is 18.2 Å². The molecule has 8 nitrogen and oxygen atoms in total. The molecule has 8 heteroatoms. The smallest absolute Gasteiger partial charge is 0.496 e. The molecule has 0 unspecified atom stereocenters. The van der Waals surface area contributed by atoms with Crippen molar-refractivity contribution in [3.8, 4) is 11.5 Å². The average Bonchev–Trinajstić information content (AvgIpc) is 2.83. The first-order valence-corrected chi connectivity index (χ1v) is 10.9. The van der Waals surface area contributed by atoms with Gasteiger partial charge in [-0.2, -0.15) is 0 Å². The van der Waals surface area contributed by atoms with Gasteiger partial charge in [0.2, 0.25) is 5.91 Å². The minimum absolute atomic E-state index is 0.0183. The maximum atomic E-state index is 12.5. The number of nitrogens with zero attached hydrogens (tertiary/aromatic N) is 1. The number of carbonyl (C=O) groups excluding carboxylic acids is 3. The molecule has 33 heavy (non-hydrogen) atoms. The molecule has 0 aromatic heterocycles. The van der Waals surface area contributed by atoms with Crippen LogP contribution in [0.15, 0.2) is 54.6 Å². The van der Waals surface area contributed by atoms with Gasteiger partial charge in [-0.05, 0) is 56.2 Å². The van der Waals surface area contributed by atoms with Crippen molar-refractivity contribution in [2.75, 3.05) is 26.8 Å². The molecule has 0 radical (unpaired) electrons. The van der Waals surface area contributed by atoms with Crippen molar-refractivity contribution < 1.29 is 28.6 Å². The first kappa shape index (κ1) is 23.8. The van der Waals surface area contributed by atoms with Crippen molar-refractivity contribution in [3.05, 3.63) is 65.7 Å². The highest BCUT2D eigenvalue weighted by Crippen LogP contribution is 2.19.